The molecule has 27 heavy (non-hydrogen) atoms. The topological polar surface area (TPSA) is 23.5 Å². The van der Waals surface area contributed by atoms with Gasteiger partial charge in [0.05, 0.1) is 0 Å². The second kappa shape index (κ2) is 7.23. The Kier molecular flexibility index (Phi) is 4.94. The lowest BCUT2D eigenvalue weighted by Crippen LogP contribution is -2.30. The van der Waals surface area contributed by atoms with E-state index in [0.29, 0.717) is 31.1 Å². The molecule has 1 aliphatic heterocycles. The molecule has 2 unspecified atom stereocenters. The molecule has 144 valence electrons. The van der Waals surface area contributed by atoms with E-state index in [2.05, 4.69) is 11.8 Å². The predicted octanol–water partition coefficient (Wildman–Crippen LogP) is 4.93. The summed E-state index contributed by atoms with van der Waals surface area (Å²) in [5.74, 6) is 0.142. The highest BCUT2D eigenvalue weighted by Crippen LogP contribution is 2.47. The molecule has 0 aromatic heterocycles. The highest BCUT2D eigenvalue weighted by molar-refractivity contribution is 5.30. The molecule has 0 amide bonds. The second-order valence-corrected chi connectivity index (χ2v) is 8.57. The number of fused-ring (bicyclic) bond motifs is 1. The summed E-state index contributed by atoms with van der Waals surface area (Å²) in [5.41, 5.74) is 0.903. The van der Waals surface area contributed by atoms with Crippen molar-refractivity contribution in [2.45, 2.75) is 37.8 Å². The van der Waals surface area contributed by atoms with Crippen molar-refractivity contribution in [3.63, 3.8) is 0 Å². The molecule has 0 radical (unpaired) electrons. The zero-order chi connectivity index (χ0) is 19.0. The fourth-order valence-corrected chi connectivity index (χ4v) is 5.10. The van der Waals surface area contributed by atoms with Crippen molar-refractivity contribution in [3.05, 3.63) is 65.5 Å². The van der Waals surface area contributed by atoms with Gasteiger partial charge in [-0.3, -0.25) is 0 Å². The van der Waals surface area contributed by atoms with Gasteiger partial charge in [-0.15, -0.1) is 0 Å². The first kappa shape index (κ1) is 18.4. The largest absolute Gasteiger partial charge is 0.505 e. The zero-order valence-electron chi connectivity index (χ0n) is 15.7. The van der Waals surface area contributed by atoms with Crippen LogP contribution < -0.4 is 0 Å². The average Bonchev–Trinajstić information content (AvgIpc) is 3.11. The van der Waals surface area contributed by atoms with E-state index in [-0.39, 0.29) is 11.7 Å². The lowest BCUT2D eigenvalue weighted by molar-refractivity contribution is 0.146. The lowest BCUT2D eigenvalue weighted by Gasteiger charge is -2.25. The third kappa shape index (κ3) is 4.01. The molecule has 4 rings (SSSR count). The van der Waals surface area contributed by atoms with Crippen LogP contribution in [0.3, 0.4) is 0 Å². The molecule has 2 nitrogen and oxygen atoms in total. The summed E-state index contributed by atoms with van der Waals surface area (Å²) >= 11 is 0. The zero-order valence-corrected chi connectivity index (χ0v) is 15.7. The summed E-state index contributed by atoms with van der Waals surface area (Å²) in [4.78, 5) is 2.40. The number of aromatic hydroxyl groups is 1. The number of halogens is 2. The Morgan fingerprint density at radius 3 is 2.41 bits per heavy atom. The Labute approximate surface area is 159 Å². The number of alkyl halides is 1. The first-order valence-corrected chi connectivity index (χ1v) is 9.85. The maximum Gasteiger partial charge on any atom is 0.165 e. The van der Waals surface area contributed by atoms with E-state index in [4.69, 9.17) is 0 Å². The number of hydrogen-bond acceptors (Lipinski definition) is 2. The smallest absolute Gasteiger partial charge is 0.165 e. The van der Waals surface area contributed by atoms with Crippen LogP contribution in [-0.2, 0) is 6.42 Å². The van der Waals surface area contributed by atoms with Gasteiger partial charge in [-0.25, -0.2) is 8.78 Å². The molecule has 1 N–H and O–H groups in total. The van der Waals surface area contributed by atoms with Gasteiger partial charge in [-0.2, -0.15) is 0 Å². The molecule has 0 spiro atoms. The standard InChI is InChI=1S/C23H27F2NO/c1-16(18-7-8-22(27)21(24)9-18)13-26-14-19-11-23(25,12-20(19)15-26)10-17-5-3-2-4-6-17/h2-9,16,19-20,27H,10-15H2,1H3/t16?,19-,20+,23?. The number of hydrogen-bond donors (Lipinski definition) is 1. The van der Waals surface area contributed by atoms with Gasteiger partial charge in [-0.05, 0) is 53.9 Å². The molecule has 0 bridgehead atoms. The van der Waals surface area contributed by atoms with Gasteiger partial charge in [0.2, 0.25) is 0 Å². The highest BCUT2D eigenvalue weighted by Gasteiger charge is 2.49. The Balaban J connectivity index is 1.33. The Bertz CT molecular complexity index is 780. The summed E-state index contributed by atoms with van der Waals surface area (Å²) < 4.78 is 29.0. The summed E-state index contributed by atoms with van der Waals surface area (Å²) in [7, 11) is 0. The number of phenols is 1. The molecule has 4 heteroatoms. The van der Waals surface area contributed by atoms with Crippen LogP contribution in [0.4, 0.5) is 8.78 Å². The number of rotatable bonds is 5. The van der Waals surface area contributed by atoms with Crippen molar-refractivity contribution in [1.82, 2.24) is 4.90 Å². The van der Waals surface area contributed by atoms with E-state index in [9.17, 15) is 9.50 Å². The van der Waals surface area contributed by atoms with Gasteiger partial charge < -0.3 is 10.0 Å². The van der Waals surface area contributed by atoms with E-state index in [0.717, 1.165) is 30.8 Å². The third-order valence-corrected chi connectivity index (χ3v) is 6.34. The molecule has 2 aliphatic rings. The summed E-state index contributed by atoms with van der Waals surface area (Å²) in [5, 5.41) is 9.35. The fourth-order valence-electron chi connectivity index (χ4n) is 5.10. The van der Waals surface area contributed by atoms with Crippen molar-refractivity contribution < 1.29 is 13.9 Å². The number of benzene rings is 2. The number of likely N-dealkylation sites (tertiary alicyclic amines) is 1. The van der Waals surface area contributed by atoms with Crippen LogP contribution in [0.1, 0.15) is 36.8 Å². The molecule has 2 fully saturated rings. The quantitative estimate of drug-likeness (QED) is 0.806. The van der Waals surface area contributed by atoms with E-state index < -0.39 is 11.5 Å². The van der Waals surface area contributed by atoms with E-state index >= 15 is 4.39 Å². The average molecular weight is 371 g/mol. The van der Waals surface area contributed by atoms with Crippen molar-refractivity contribution in [1.29, 1.82) is 0 Å². The van der Waals surface area contributed by atoms with E-state index in [1.807, 2.05) is 30.3 Å². The van der Waals surface area contributed by atoms with Gasteiger partial charge in [0.15, 0.2) is 11.6 Å². The van der Waals surface area contributed by atoms with Gasteiger partial charge >= 0.3 is 0 Å². The van der Waals surface area contributed by atoms with Crippen molar-refractivity contribution in [3.8, 4) is 5.75 Å². The Morgan fingerprint density at radius 1 is 1.11 bits per heavy atom. The molecule has 4 atom stereocenters. The van der Waals surface area contributed by atoms with Crippen LogP contribution >= 0.6 is 0 Å². The van der Waals surface area contributed by atoms with Crippen LogP contribution in [0.2, 0.25) is 0 Å². The van der Waals surface area contributed by atoms with Crippen molar-refractivity contribution in [2.24, 2.45) is 11.8 Å². The Morgan fingerprint density at radius 2 is 1.78 bits per heavy atom. The van der Waals surface area contributed by atoms with E-state index in [1.54, 1.807) is 6.07 Å². The van der Waals surface area contributed by atoms with E-state index in [1.165, 1.54) is 12.1 Å². The maximum absolute atomic E-state index is 15.4. The van der Waals surface area contributed by atoms with Gasteiger partial charge in [-0.1, -0.05) is 43.3 Å². The minimum absolute atomic E-state index is 0.179. The van der Waals surface area contributed by atoms with Crippen molar-refractivity contribution in [2.75, 3.05) is 19.6 Å². The minimum atomic E-state index is -1.07. The summed E-state index contributed by atoms with van der Waals surface area (Å²) in [6.07, 6.45) is 1.81. The van der Waals surface area contributed by atoms with Crippen LogP contribution in [0, 0.1) is 17.7 Å². The van der Waals surface area contributed by atoms with Crippen LogP contribution in [0.25, 0.3) is 0 Å². The van der Waals surface area contributed by atoms with Crippen LogP contribution in [0.5, 0.6) is 5.75 Å². The fraction of sp³-hybridized carbons (Fsp3) is 0.478. The summed E-state index contributed by atoms with van der Waals surface area (Å²) in [6.45, 7) is 4.77. The molecule has 1 saturated carbocycles. The molecule has 2 aromatic rings. The second-order valence-electron chi connectivity index (χ2n) is 8.57. The minimum Gasteiger partial charge on any atom is -0.505 e. The molecule has 1 saturated heterocycles. The van der Waals surface area contributed by atoms with Crippen LogP contribution in [0.15, 0.2) is 48.5 Å². The van der Waals surface area contributed by atoms with Crippen molar-refractivity contribution >= 4 is 0 Å². The molecule has 1 heterocycles. The first-order valence-electron chi connectivity index (χ1n) is 9.85. The molecular formula is C23H27F2NO. The molecular weight excluding hydrogens is 344 g/mol. The summed E-state index contributed by atoms with van der Waals surface area (Å²) in [6, 6.07) is 14.6. The molecule has 2 aromatic carbocycles. The highest BCUT2D eigenvalue weighted by atomic mass is 19.1. The lowest BCUT2D eigenvalue weighted by atomic mass is 9.93. The number of phenolic OH excluding ortho intramolecular Hbond substituents is 1. The third-order valence-electron chi connectivity index (χ3n) is 6.34. The maximum atomic E-state index is 15.4. The van der Waals surface area contributed by atoms with Gasteiger partial charge in [0.25, 0.3) is 0 Å². The normalized spacial score (nSPS) is 29.0. The first-order chi connectivity index (χ1) is 12.9. The monoisotopic (exact) mass is 371 g/mol. The Hall–Kier alpha value is -1.94. The van der Waals surface area contributed by atoms with Gasteiger partial charge in [0, 0.05) is 26.1 Å². The molecule has 1 aliphatic carbocycles. The van der Waals surface area contributed by atoms with Gasteiger partial charge in [0.1, 0.15) is 5.67 Å². The van der Waals surface area contributed by atoms with Crippen LogP contribution in [-0.4, -0.2) is 35.3 Å². The number of nitrogens with zero attached hydrogens (tertiary/aromatic N) is 1. The predicted molar refractivity (Wildman–Crippen MR) is 103 cm³/mol. The SMILES string of the molecule is CC(CN1C[C@@H]2CC(F)(Cc3ccccc3)C[C@@H]2C1)c1ccc(O)c(F)c1.